The smallest absolute Gasteiger partial charge is 0.254 e. The molecule has 1 saturated heterocycles. The van der Waals surface area contributed by atoms with Crippen LogP contribution in [0.25, 0.3) is 0 Å². The van der Waals surface area contributed by atoms with E-state index in [1.54, 1.807) is 4.90 Å². The quantitative estimate of drug-likeness (QED) is 0.650. The number of nitrogens with two attached hydrogens (primary N) is 1. The fourth-order valence-electron chi connectivity index (χ4n) is 2.09. The maximum Gasteiger partial charge on any atom is 0.254 e. The van der Waals surface area contributed by atoms with Gasteiger partial charge >= 0.3 is 0 Å². The Bertz CT molecular complexity index is 464. The van der Waals surface area contributed by atoms with Crippen LogP contribution < -0.4 is 5.73 Å². The Kier molecular flexibility index (Phi) is 3.98. The zero-order valence-corrected chi connectivity index (χ0v) is 12.2. The van der Waals surface area contributed by atoms with Crippen molar-refractivity contribution in [2.75, 3.05) is 6.54 Å². The van der Waals surface area contributed by atoms with Crippen molar-refractivity contribution in [3.63, 3.8) is 0 Å². The summed E-state index contributed by atoms with van der Waals surface area (Å²) in [4.78, 5) is 14.5. The molecule has 0 bridgehead atoms. The predicted molar refractivity (Wildman–Crippen MR) is 80.0 cm³/mol. The van der Waals surface area contributed by atoms with E-state index in [2.05, 4.69) is 22.6 Å². The molecule has 0 spiro atoms. The number of hydrogen-bond acceptors (Lipinski definition) is 2. The molecular formula is C12H13IN2OS. The van der Waals surface area contributed by atoms with Gasteiger partial charge in [-0.1, -0.05) is 18.3 Å². The molecule has 3 nitrogen and oxygen atoms in total. The standard InChI is InChI=1S/C12H13IN2OS/c13-9-4-1-3-8(7-9)12(16)15-6-2-5-10(15)11(14)17/h1,3-4,7,10H,2,5-6H2,(H2,14,17). The first-order chi connectivity index (χ1) is 8.09. The van der Waals surface area contributed by atoms with Gasteiger partial charge in [-0.3, -0.25) is 4.79 Å². The first kappa shape index (κ1) is 12.8. The third-order valence-corrected chi connectivity index (χ3v) is 3.86. The van der Waals surface area contributed by atoms with E-state index >= 15 is 0 Å². The molecule has 5 heteroatoms. The number of benzene rings is 1. The number of nitrogens with zero attached hydrogens (tertiary/aromatic N) is 1. The zero-order valence-electron chi connectivity index (χ0n) is 9.23. The van der Waals surface area contributed by atoms with Gasteiger partial charge < -0.3 is 10.6 Å². The van der Waals surface area contributed by atoms with Crippen LogP contribution in [0.15, 0.2) is 24.3 Å². The Labute approximate surface area is 119 Å². The Hall–Kier alpha value is -0.690. The van der Waals surface area contributed by atoms with Crippen molar-refractivity contribution < 1.29 is 4.79 Å². The number of thiocarbonyl (C=S) groups is 1. The van der Waals surface area contributed by atoms with E-state index in [-0.39, 0.29) is 11.9 Å². The number of hydrogen-bond donors (Lipinski definition) is 1. The summed E-state index contributed by atoms with van der Waals surface area (Å²) in [6, 6.07) is 7.50. The first-order valence-corrected chi connectivity index (χ1v) is 6.94. The van der Waals surface area contributed by atoms with Crippen molar-refractivity contribution in [2.24, 2.45) is 5.73 Å². The second-order valence-electron chi connectivity index (χ2n) is 4.07. The number of carbonyl (C=O) groups is 1. The Morgan fingerprint density at radius 2 is 2.29 bits per heavy atom. The summed E-state index contributed by atoms with van der Waals surface area (Å²) in [6.07, 6.45) is 1.85. The number of amides is 1. The molecule has 1 aromatic rings. The largest absolute Gasteiger partial charge is 0.392 e. The molecule has 1 aliphatic heterocycles. The normalized spacial score (nSPS) is 19.4. The van der Waals surface area contributed by atoms with Gasteiger partial charge in [0.2, 0.25) is 0 Å². The van der Waals surface area contributed by atoms with Gasteiger partial charge in [0.1, 0.15) is 0 Å². The number of halogens is 1. The topological polar surface area (TPSA) is 46.3 Å². The molecule has 1 amide bonds. The maximum atomic E-state index is 12.3. The lowest BCUT2D eigenvalue weighted by atomic mass is 10.1. The van der Waals surface area contributed by atoms with Gasteiger partial charge in [0.25, 0.3) is 5.91 Å². The van der Waals surface area contributed by atoms with Gasteiger partial charge in [-0.2, -0.15) is 0 Å². The molecule has 2 N–H and O–H groups in total. The molecular weight excluding hydrogens is 347 g/mol. The summed E-state index contributed by atoms with van der Waals surface area (Å²) in [5.74, 6) is 0.0267. The van der Waals surface area contributed by atoms with Crippen LogP contribution in [0.3, 0.4) is 0 Å². The van der Waals surface area contributed by atoms with Crippen molar-refractivity contribution in [3.8, 4) is 0 Å². The summed E-state index contributed by atoms with van der Waals surface area (Å²) < 4.78 is 1.06. The van der Waals surface area contributed by atoms with Crippen molar-refractivity contribution >= 4 is 45.7 Å². The average molecular weight is 360 g/mol. The minimum atomic E-state index is -0.0737. The highest BCUT2D eigenvalue weighted by Crippen LogP contribution is 2.21. The summed E-state index contributed by atoms with van der Waals surface area (Å²) in [5, 5.41) is 0. The zero-order chi connectivity index (χ0) is 12.4. The summed E-state index contributed by atoms with van der Waals surface area (Å²) in [6.45, 7) is 0.742. The van der Waals surface area contributed by atoms with Crippen molar-refractivity contribution in [1.82, 2.24) is 4.90 Å². The molecule has 2 rings (SSSR count). The van der Waals surface area contributed by atoms with Crippen molar-refractivity contribution in [3.05, 3.63) is 33.4 Å². The monoisotopic (exact) mass is 360 g/mol. The summed E-state index contributed by atoms with van der Waals surface area (Å²) in [5.41, 5.74) is 6.38. The van der Waals surface area contributed by atoms with E-state index in [0.29, 0.717) is 10.6 Å². The van der Waals surface area contributed by atoms with Crippen LogP contribution in [0, 0.1) is 3.57 Å². The Morgan fingerprint density at radius 1 is 1.53 bits per heavy atom. The summed E-state index contributed by atoms with van der Waals surface area (Å²) in [7, 11) is 0. The van der Waals surface area contributed by atoms with Crippen LogP contribution >= 0.6 is 34.8 Å². The number of likely N-dealkylation sites (tertiary alicyclic amines) is 1. The predicted octanol–water partition coefficient (Wildman–Crippen LogP) is 2.18. The van der Waals surface area contributed by atoms with Gasteiger partial charge in [-0.25, -0.2) is 0 Å². The van der Waals surface area contributed by atoms with E-state index in [4.69, 9.17) is 18.0 Å². The molecule has 0 radical (unpaired) electrons. The minimum absolute atomic E-state index is 0.0267. The van der Waals surface area contributed by atoms with Crippen LogP contribution in [0.1, 0.15) is 23.2 Å². The molecule has 0 aliphatic carbocycles. The van der Waals surface area contributed by atoms with Gasteiger partial charge in [0.15, 0.2) is 0 Å². The van der Waals surface area contributed by atoms with Gasteiger partial charge in [-0.15, -0.1) is 0 Å². The number of carbonyl (C=O) groups excluding carboxylic acids is 1. The highest BCUT2D eigenvalue weighted by Gasteiger charge is 2.31. The molecule has 1 aliphatic rings. The molecule has 0 saturated carbocycles. The molecule has 17 heavy (non-hydrogen) atoms. The molecule has 1 fully saturated rings. The lowest BCUT2D eigenvalue weighted by molar-refractivity contribution is 0.0770. The SMILES string of the molecule is NC(=S)C1CCCN1C(=O)c1cccc(I)c1. The van der Waals surface area contributed by atoms with E-state index in [1.165, 1.54) is 0 Å². The summed E-state index contributed by atoms with van der Waals surface area (Å²) >= 11 is 7.21. The van der Waals surface area contributed by atoms with E-state index in [9.17, 15) is 4.79 Å². The van der Waals surface area contributed by atoms with Gasteiger partial charge in [0.05, 0.1) is 11.0 Å². The fraction of sp³-hybridized carbons (Fsp3) is 0.333. The highest BCUT2D eigenvalue weighted by atomic mass is 127. The minimum Gasteiger partial charge on any atom is -0.392 e. The third-order valence-electron chi connectivity index (χ3n) is 2.91. The van der Waals surface area contributed by atoms with Crippen LogP contribution in [0.5, 0.6) is 0 Å². The molecule has 1 atom stereocenters. The molecule has 1 aromatic carbocycles. The maximum absolute atomic E-state index is 12.3. The second kappa shape index (κ2) is 5.30. The lowest BCUT2D eigenvalue weighted by Crippen LogP contribution is -2.42. The fourth-order valence-corrected chi connectivity index (χ4v) is 2.88. The van der Waals surface area contributed by atoms with Crippen LogP contribution in [-0.2, 0) is 0 Å². The molecule has 1 unspecified atom stereocenters. The molecule has 1 heterocycles. The van der Waals surface area contributed by atoms with Crippen LogP contribution in [0.4, 0.5) is 0 Å². The second-order valence-corrected chi connectivity index (χ2v) is 5.79. The van der Waals surface area contributed by atoms with Crippen molar-refractivity contribution in [1.29, 1.82) is 0 Å². The average Bonchev–Trinajstić information content (AvgIpc) is 2.77. The van der Waals surface area contributed by atoms with Gasteiger partial charge in [-0.05, 0) is 53.6 Å². The van der Waals surface area contributed by atoms with Crippen LogP contribution in [-0.4, -0.2) is 28.4 Å². The lowest BCUT2D eigenvalue weighted by Gasteiger charge is -2.23. The third kappa shape index (κ3) is 2.77. The molecule has 90 valence electrons. The molecule has 0 aromatic heterocycles. The van der Waals surface area contributed by atoms with Crippen LogP contribution in [0.2, 0.25) is 0 Å². The van der Waals surface area contributed by atoms with Gasteiger partial charge in [0, 0.05) is 15.7 Å². The Morgan fingerprint density at radius 3 is 2.94 bits per heavy atom. The number of rotatable bonds is 2. The first-order valence-electron chi connectivity index (χ1n) is 5.45. The van der Waals surface area contributed by atoms with E-state index in [1.807, 2.05) is 24.3 Å². The van der Waals surface area contributed by atoms with Crippen molar-refractivity contribution in [2.45, 2.75) is 18.9 Å². The Balaban J connectivity index is 2.23. The van der Waals surface area contributed by atoms with E-state index in [0.717, 1.165) is 23.0 Å². The van der Waals surface area contributed by atoms with E-state index < -0.39 is 0 Å². The highest BCUT2D eigenvalue weighted by molar-refractivity contribution is 14.1.